The van der Waals surface area contributed by atoms with Crippen LogP contribution >= 0.6 is 24.0 Å². The number of hydrogen-bond donors (Lipinski definition) is 2. The highest BCUT2D eigenvalue weighted by molar-refractivity contribution is 7.99. The molecule has 0 unspecified atom stereocenters. The SMILES string of the molecule is CCSc1nnc(C)n1NC(=S)NC(=O)c1cc([N+](=O)[O-])ccc1N1CCOCC1. The molecule has 0 aliphatic carbocycles. The first kappa shape index (κ1) is 21.9. The second-order valence-electron chi connectivity index (χ2n) is 6.25. The fraction of sp³-hybridized carbons (Fsp3) is 0.412. The summed E-state index contributed by atoms with van der Waals surface area (Å²) in [4.78, 5) is 25.6. The van der Waals surface area contributed by atoms with Crippen molar-refractivity contribution >= 4 is 46.4 Å². The van der Waals surface area contributed by atoms with Crippen molar-refractivity contribution in [2.24, 2.45) is 0 Å². The largest absolute Gasteiger partial charge is 0.378 e. The van der Waals surface area contributed by atoms with E-state index < -0.39 is 10.8 Å². The van der Waals surface area contributed by atoms with Crippen LogP contribution in [-0.2, 0) is 4.74 Å². The Balaban J connectivity index is 1.81. The molecule has 1 aromatic carbocycles. The minimum atomic E-state index is -0.548. The summed E-state index contributed by atoms with van der Waals surface area (Å²) < 4.78 is 6.93. The van der Waals surface area contributed by atoms with Crippen molar-refractivity contribution in [2.75, 3.05) is 42.4 Å². The van der Waals surface area contributed by atoms with Crippen LogP contribution in [0.15, 0.2) is 23.4 Å². The molecule has 2 aromatic rings. The zero-order valence-corrected chi connectivity index (χ0v) is 18.1. The quantitative estimate of drug-likeness (QED) is 0.290. The Morgan fingerprint density at radius 1 is 1.37 bits per heavy atom. The molecule has 0 atom stereocenters. The minimum absolute atomic E-state index is 0.0280. The Kier molecular flexibility index (Phi) is 7.18. The number of nitro benzene ring substituents is 1. The molecule has 1 aromatic heterocycles. The number of aromatic nitrogens is 3. The van der Waals surface area contributed by atoms with Gasteiger partial charge in [0.1, 0.15) is 5.82 Å². The van der Waals surface area contributed by atoms with Crippen molar-refractivity contribution in [1.82, 2.24) is 20.2 Å². The number of nitrogens with zero attached hydrogens (tertiary/aromatic N) is 5. The maximum absolute atomic E-state index is 13.0. The Morgan fingerprint density at radius 2 is 2.10 bits per heavy atom. The molecule has 1 saturated heterocycles. The normalized spacial score (nSPS) is 13.7. The lowest BCUT2D eigenvalue weighted by Gasteiger charge is -2.30. The van der Waals surface area contributed by atoms with E-state index in [2.05, 4.69) is 20.9 Å². The summed E-state index contributed by atoms with van der Waals surface area (Å²) >= 11 is 6.74. The Morgan fingerprint density at radius 3 is 2.77 bits per heavy atom. The van der Waals surface area contributed by atoms with E-state index in [0.29, 0.717) is 43.0 Å². The van der Waals surface area contributed by atoms with Crippen LogP contribution in [0.3, 0.4) is 0 Å². The van der Waals surface area contributed by atoms with Crippen LogP contribution in [-0.4, -0.2) is 62.9 Å². The highest BCUT2D eigenvalue weighted by Gasteiger charge is 2.23. The van der Waals surface area contributed by atoms with Crippen LogP contribution < -0.4 is 15.6 Å². The van der Waals surface area contributed by atoms with Gasteiger partial charge >= 0.3 is 0 Å². The molecular weight excluding hydrogens is 430 g/mol. The van der Waals surface area contributed by atoms with E-state index in [1.165, 1.54) is 23.9 Å². The molecule has 0 radical (unpaired) electrons. The summed E-state index contributed by atoms with van der Waals surface area (Å²) in [5, 5.41) is 22.5. The number of benzene rings is 1. The first-order valence-corrected chi connectivity index (χ1v) is 10.6. The number of thiocarbonyl (C=S) groups is 1. The van der Waals surface area contributed by atoms with E-state index in [-0.39, 0.29) is 16.4 Å². The molecule has 0 spiro atoms. The monoisotopic (exact) mass is 451 g/mol. The van der Waals surface area contributed by atoms with Crippen LogP contribution in [0, 0.1) is 17.0 Å². The Labute approximate surface area is 182 Å². The number of morpholine rings is 1. The fourth-order valence-corrected chi connectivity index (χ4v) is 3.74. The molecule has 1 aliphatic rings. The van der Waals surface area contributed by atoms with Gasteiger partial charge in [0.2, 0.25) is 5.16 Å². The van der Waals surface area contributed by atoms with Gasteiger partial charge in [-0.25, -0.2) is 4.68 Å². The molecule has 160 valence electrons. The number of thioether (sulfide) groups is 1. The number of anilines is 1. The van der Waals surface area contributed by atoms with Gasteiger partial charge in [-0.05, 0) is 31.0 Å². The third kappa shape index (κ3) is 5.04. The van der Waals surface area contributed by atoms with Crippen LogP contribution in [0.5, 0.6) is 0 Å². The molecular formula is C17H21N7O4S2. The molecule has 3 rings (SSSR count). The van der Waals surface area contributed by atoms with Crippen molar-refractivity contribution < 1.29 is 14.5 Å². The van der Waals surface area contributed by atoms with E-state index in [0.717, 1.165) is 5.75 Å². The zero-order chi connectivity index (χ0) is 21.7. The lowest BCUT2D eigenvalue weighted by Crippen LogP contribution is -2.41. The van der Waals surface area contributed by atoms with Crippen LogP contribution in [0.1, 0.15) is 23.1 Å². The van der Waals surface area contributed by atoms with Gasteiger partial charge in [-0.1, -0.05) is 18.7 Å². The molecule has 11 nitrogen and oxygen atoms in total. The van der Waals surface area contributed by atoms with Crippen molar-refractivity contribution in [2.45, 2.75) is 19.0 Å². The molecule has 0 bridgehead atoms. The molecule has 0 saturated carbocycles. The van der Waals surface area contributed by atoms with Gasteiger partial charge in [-0.3, -0.25) is 25.7 Å². The third-order valence-electron chi connectivity index (χ3n) is 4.30. The van der Waals surface area contributed by atoms with Crippen LogP contribution in [0.2, 0.25) is 0 Å². The van der Waals surface area contributed by atoms with Gasteiger partial charge in [0.25, 0.3) is 11.6 Å². The second-order valence-corrected chi connectivity index (χ2v) is 7.89. The number of nitro groups is 1. The number of nitrogens with one attached hydrogen (secondary N) is 2. The number of ether oxygens (including phenoxy) is 1. The van der Waals surface area contributed by atoms with E-state index in [1.54, 1.807) is 17.7 Å². The summed E-state index contributed by atoms with van der Waals surface area (Å²) in [5.74, 6) is 0.815. The number of amides is 1. The zero-order valence-electron chi connectivity index (χ0n) is 16.5. The highest BCUT2D eigenvalue weighted by atomic mass is 32.2. The fourth-order valence-electron chi connectivity index (χ4n) is 2.89. The molecule has 1 aliphatic heterocycles. The van der Waals surface area contributed by atoms with Gasteiger partial charge in [0.05, 0.1) is 29.4 Å². The summed E-state index contributed by atoms with van der Waals surface area (Å²) in [6.45, 7) is 5.93. The molecule has 2 heterocycles. The molecule has 1 amide bonds. The first-order valence-electron chi connectivity index (χ1n) is 9.19. The van der Waals surface area contributed by atoms with E-state index in [9.17, 15) is 14.9 Å². The maximum Gasteiger partial charge on any atom is 0.270 e. The molecule has 1 fully saturated rings. The van der Waals surface area contributed by atoms with Crippen molar-refractivity contribution in [3.8, 4) is 0 Å². The Hall–Kier alpha value is -2.77. The predicted molar refractivity (Wildman–Crippen MR) is 117 cm³/mol. The lowest BCUT2D eigenvalue weighted by atomic mass is 10.1. The summed E-state index contributed by atoms with van der Waals surface area (Å²) in [6.07, 6.45) is 0. The van der Waals surface area contributed by atoms with Crippen LogP contribution in [0.4, 0.5) is 11.4 Å². The van der Waals surface area contributed by atoms with Gasteiger partial charge in [0.15, 0.2) is 5.11 Å². The molecule has 2 N–H and O–H groups in total. The predicted octanol–water partition coefficient (Wildman–Crippen LogP) is 1.70. The summed E-state index contributed by atoms with van der Waals surface area (Å²) in [7, 11) is 0. The number of non-ortho nitro benzene ring substituents is 1. The standard InChI is InChI=1S/C17H21N7O4S2/c1-3-30-17-20-19-11(2)23(17)21-16(29)18-15(25)13-10-12(24(26)27)4-5-14(13)22-6-8-28-9-7-22/h4-5,10H,3,6-9H2,1-2H3,(H2,18,21,25,29). The lowest BCUT2D eigenvalue weighted by molar-refractivity contribution is -0.384. The Bertz CT molecular complexity index is 960. The summed E-state index contributed by atoms with van der Waals surface area (Å²) in [5.41, 5.74) is 3.47. The average Bonchev–Trinajstić information content (AvgIpc) is 3.07. The van der Waals surface area contributed by atoms with Gasteiger partial charge in [0, 0.05) is 25.2 Å². The highest BCUT2D eigenvalue weighted by Crippen LogP contribution is 2.26. The number of rotatable bonds is 6. The topological polar surface area (TPSA) is 127 Å². The number of aryl methyl sites for hydroxylation is 1. The maximum atomic E-state index is 13.0. The first-order chi connectivity index (χ1) is 14.4. The summed E-state index contributed by atoms with van der Waals surface area (Å²) in [6, 6.07) is 4.22. The minimum Gasteiger partial charge on any atom is -0.378 e. The molecule has 30 heavy (non-hydrogen) atoms. The van der Waals surface area contributed by atoms with Crippen LogP contribution in [0.25, 0.3) is 0 Å². The van der Waals surface area contributed by atoms with E-state index >= 15 is 0 Å². The van der Waals surface area contributed by atoms with Crippen molar-refractivity contribution in [3.63, 3.8) is 0 Å². The van der Waals surface area contributed by atoms with E-state index in [1.807, 2.05) is 11.8 Å². The van der Waals surface area contributed by atoms with Crippen molar-refractivity contribution in [3.05, 3.63) is 39.7 Å². The van der Waals surface area contributed by atoms with Gasteiger partial charge in [-0.2, -0.15) is 0 Å². The average molecular weight is 452 g/mol. The van der Waals surface area contributed by atoms with Gasteiger partial charge in [-0.15, -0.1) is 10.2 Å². The van der Waals surface area contributed by atoms with Gasteiger partial charge < -0.3 is 9.64 Å². The number of carbonyl (C=O) groups excluding carboxylic acids is 1. The van der Waals surface area contributed by atoms with Crippen molar-refractivity contribution in [1.29, 1.82) is 0 Å². The smallest absolute Gasteiger partial charge is 0.270 e. The third-order valence-corrected chi connectivity index (χ3v) is 5.30. The number of hydrogen-bond acceptors (Lipinski definition) is 9. The van der Waals surface area contributed by atoms with E-state index in [4.69, 9.17) is 17.0 Å². The molecule has 13 heteroatoms. The number of carbonyl (C=O) groups is 1. The second kappa shape index (κ2) is 9.82.